The summed E-state index contributed by atoms with van der Waals surface area (Å²) >= 11 is 0. The van der Waals surface area contributed by atoms with Gasteiger partial charge in [0.15, 0.2) is 0 Å². The molecule has 0 aliphatic rings. The molecule has 0 aliphatic heterocycles. The number of anilines is 1. The number of halogens is 2. The molecule has 0 spiro atoms. The molecule has 1 aromatic carbocycles. The molecular formula is C14H17F2N3O. The van der Waals surface area contributed by atoms with Crippen LogP contribution in [0.25, 0.3) is 0 Å². The number of alkyl halides is 2. The second kappa shape index (κ2) is 6.47. The maximum atomic E-state index is 12.2. The van der Waals surface area contributed by atoms with Gasteiger partial charge in [-0.2, -0.15) is 5.10 Å². The van der Waals surface area contributed by atoms with Gasteiger partial charge in [0.25, 0.3) is 6.43 Å². The van der Waals surface area contributed by atoms with Crippen molar-refractivity contribution in [1.29, 1.82) is 0 Å². The maximum Gasteiger partial charge on any atom is 0.257 e. The van der Waals surface area contributed by atoms with E-state index in [4.69, 9.17) is 5.11 Å². The van der Waals surface area contributed by atoms with Crippen LogP contribution in [0.1, 0.15) is 24.1 Å². The molecule has 0 bridgehead atoms. The first-order valence-electron chi connectivity index (χ1n) is 6.35. The molecule has 4 nitrogen and oxygen atoms in total. The average molecular weight is 281 g/mol. The second-order valence-electron chi connectivity index (χ2n) is 4.61. The van der Waals surface area contributed by atoms with Gasteiger partial charge >= 0.3 is 0 Å². The number of nitrogens with zero attached hydrogens (tertiary/aromatic N) is 2. The van der Waals surface area contributed by atoms with Crippen molar-refractivity contribution >= 4 is 5.69 Å². The summed E-state index contributed by atoms with van der Waals surface area (Å²) in [6, 6.07) is 7.56. The van der Waals surface area contributed by atoms with Gasteiger partial charge in [-0.05, 0) is 18.1 Å². The van der Waals surface area contributed by atoms with E-state index < -0.39 is 13.0 Å². The molecule has 20 heavy (non-hydrogen) atoms. The Kier molecular flexibility index (Phi) is 4.68. The summed E-state index contributed by atoms with van der Waals surface area (Å²) < 4.78 is 25.7. The molecule has 1 atom stereocenters. The minimum Gasteiger partial charge on any atom is -0.392 e. The van der Waals surface area contributed by atoms with Crippen molar-refractivity contribution in [3.63, 3.8) is 0 Å². The number of aromatic nitrogens is 2. The van der Waals surface area contributed by atoms with Gasteiger partial charge in [-0.25, -0.2) is 8.78 Å². The first-order valence-corrected chi connectivity index (χ1v) is 6.35. The van der Waals surface area contributed by atoms with E-state index in [9.17, 15) is 8.78 Å². The molecule has 1 unspecified atom stereocenters. The highest BCUT2D eigenvalue weighted by Gasteiger charge is 2.09. The van der Waals surface area contributed by atoms with Crippen LogP contribution in [0, 0.1) is 0 Å². The highest BCUT2D eigenvalue weighted by molar-refractivity contribution is 5.42. The third-order valence-corrected chi connectivity index (χ3v) is 2.98. The van der Waals surface area contributed by atoms with Crippen molar-refractivity contribution in [1.82, 2.24) is 9.78 Å². The summed E-state index contributed by atoms with van der Waals surface area (Å²) in [7, 11) is 0. The normalized spacial score (nSPS) is 12.7. The van der Waals surface area contributed by atoms with Crippen molar-refractivity contribution in [3.05, 3.63) is 47.8 Å². The molecule has 0 saturated heterocycles. The Bertz CT molecular complexity index is 557. The lowest BCUT2D eigenvalue weighted by Gasteiger charge is -2.14. The monoisotopic (exact) mass is 281 g/mol. The molecule has 0 amide bonds. The maximum absolute atomic E-state index is 12.2. The van der Waals surface area contributed by atoms with Crippen LogP contribution >= 0.6 is 0 Å². The van der Waals surface area contributed by atoms with Gasteiger partial charge in [0.2, 0.25) is 0 Å². The fourth-order valence-electron chi connectivity index (χ4n) is 1.97. The molecule has 6 heteroatoms. The zero-order chi connectivity index (χ0) is 14.5. The van der Waals surface area contributed by atoms with Gasteiger partial charge in [-0.3, -0.25) is 4.68 Å². The van der Waals surface area contributed by atoms with Crippen molar-refractivity contribution in [2.75, 3.05) is 5.32 Å². The number of benzene rings is 1. The summed E-state index contributed by atoms with van der Waals surface area (Å²) in [5, 5.41) is 16.2. The van der Waals surface area contributed by atoms with E-state index in [-0.39, 0.29) is 12.6 Å². The Balaban J connectivity index is 2.03. The standard InChI is InChI=1S/C14H17F2N3O/c1-10(12-4-2-3-11(5-12)9-20)18-13-6-17-19(7-13)8-14(15)16/h2-7,10,14,18,20H,8-9H2,1H3. The lowest BCUT2D eigenvalue weighted by atomic mass is 10.1. The van der Waals surface area contributed by atoms with Gasteiger partial charge in [0.05, 0.1) is 18.5 Å². The number of rotatable bonds is 6. The van der Waals surface area contributed by atoms with E-state index in [0.29, 0.717) is 5.69 Å². The van der Waals surface area contributed by atoms with Crippen molar-refractivity contribution in [2.45, 2.75) is 32.5 Å². The number of aliphatic hydroxyl groups excluding tert-OH is 1. The summed E-state index contributed by atoms with van der Waals surface area (Å²) in [6.07, 6.45) is 0.661. The van der Waals surface area contributed by atoms with Crippen LogP contribution in [0.5, 0.6) is 0 Å². The van der Waals surface area contributed by atoms with Crippen LogP contribution in [0.2, 0.25) is 0 Å². The Hall–Kier alpha value is -1.95. The summed E-state index contributed by atoms with van der Waals surface area (Å²) in [6.45, 7) is 1.55. The molecule has 2 aromatic rings. The Labute approximate surface area is 116 Å². The predicted octanol–water partition coefficient (Wildman–Crippen LogP) is 2.81. The van der Waals surface area contributed by atoms with Crippen LogP contribution in [0.15, 0.2) is 36.7 Å². The molecule has 1 aromatic heterocycles. The van der Waals surface area contributed by atoms with Gasteiger partial charge in [-0.1, -0.05) is 24.3 Å². The van der Waals surface area contributed by atoms with Crippen LogP contribution < -0.4 is 5.32 Å². The summed E-state index contributed by atoms with van der Waals surface area (Å²) in [5.74, 6) is 0. The minimum atomic E-state index is -2.42. The van der Waals surface area contributed by atoms with E-state index in [0.717, 1.165) is 11.1 Å². The van der Waals surface area contributed by atoms with Crippen LogP contribution in [0.3, 0.4) is 0 Å². The number of hydrogen-bond donors (Lipinski definition) is 2. The third kappa shape index (κ3) is 3.77. The van der Waals surface area contributed by atoms with Crippen LogP contribution in [-0.2, 0) is 13.2 Å². The smallest absolute Gasteiger partial charge is 0.257 e. The van der Waals surface area contributed by atoms with Crippen LogP contribution in [-0.4, -0.2) is 21.3 Å². The minimum absolute atomic E-state index is 0.00706. The van der Waals surface area contributed by atoms with E-state index in [1.54, 1.807) is 6.20 Å². The molecular weight excluding hydrogens is 264 g/mol. The molecule has 108 valence electrons. The molecule has 0 radical (unpaired) electrons. The largest absolute Gasteiger partial charge is 0.392 e. The van der Waals surface area contributed by atoms with E-state index in [1.807, 2.05) is 31.2 Å². The fourth-order valence-corrected chi connectivity index (χ4v) is 1.97. The van der Waals surface area contributed by atoms with Gasteiger partial charge < -0.3 is 10.4 Å². The molecule has 2 N–H and O–H groups in total. The van der Waals surface area contributed by atoms with Gasteiger partial charge in [0, 0.05) is 12.2 Å². The lowest BCUT2D eigenvalue weighted by Crippen LogP contribution is -2.08. The molecule has 2 rings (SSSR count). The molecule has 0 aliphatic carbocycles. The zero-order valence-corrected chi connectivity index (χ0v) is 11.1. The fraction of sp³-hybridized carbons (Fsp3) is 0.357. The first kappa shape index (κ1) is 14.5. The van der Waals surface area contributed by atoms with E-state index in [1.165, 1.54) is 10.9 Å². The van der Waals surface area contributed by atoms with Crippen molar-refractivity contribution < 1.29 is 13.9 Å². The third-order valence-electron chi connectivity index (χ3n) is 2.98. The van der Waals surface area contributed by atoms with E-state index in [2.05, 4.69) is 10.4 Å². The number of nitrogens with one attached hydrogen (secondary N) is 1. The highest BCUT2D eigenvalue weighted by Crippen LogP contribution is 2.20. The SMILES string of the molecule is CC(Nc1cnn(CC(F)F)c1)c1cccc(CO)c1. The molecule has 0 fully saturated rings. The number of hydrogen-bond acceptors (Lipinski definition) is 3. The Morgan fingerprint density at radius 1 is 1.40 bits per heavy atom. The van der Waals surface area contributed by atoms with Gasteiger partial charge in [0.1, 0.15) is 6.54 Å². The van der Waals surface area contributed by atoms with Crippen molar-refractivity contribution in [3.8, 4) is 0 Å². The number of aliphatic hydroxyl groups is 1. The van der Waals surface area contributed by atoms with Gasteiger partial charge in [-0.15, -0.1) is 0 Å². The summed E-state index contributed by atoms with van der Waals surface area (Å²) in [4.78, 5) is 0. The topological polar surface area (TPSA) is 50.1 Å². The highest BCUT2D eigenvalue weighted by atomic mass is 19.3. The molecule has 1 heterocycles. The Morgan fingerprint density at radius 3 is 2.90 bits per heavy atom. The summed E-state index contributed by atoms with van der Waals surface area (Å²) in [5.41, 5.74) is 2.54. The average Bonchev–Trinajstić information content (AvgIpc) is 2.85. The quantitative estimate of drug-likeness (QED) is 0.856. The second-order valence-corrected chi connectivity index (χ2v) is 4.61. The zero-order valence-electron chi connectivity index (χ0n) is 11.1. The first-order chi connectivity index (χ1) is 9.58. The van der Waals surface area contributed by atoms with E-state index >= 15 is 0 Å². The lowest BCUT2D eigenvalue weighted by molar-refractivity contribution is 0.122. The Morgan fingerprint density at radius 2 is 2.20 bits per heavy atom. The van der Waals surface area contributed by atoms with Crippen LogP contribution in [0.4, 0.5) is 14.5 Å². The van der Waals surface area contributed by atoms with Crippen molar-refractivity contribution in [2.24, 2.45) is 0 Å². The predicted molar refractivity (Wildman–Crippen MR) is 72.6 cm³/mol. The molecule has 0 saturated carbocycles.